The molecule has 1 amide bonds. The highest BCUT2D eigenvalue weighted by atomic mass is 35.5. The molecule has 0 saturated heterocycles. The van der Waals surface area contributed by atoms with Crippen molar-refractivity contribution in [3.63, 3.8) is 0 Å². The molecule has 32 heavy (non-hydrogen) atoms. The Hall–Kier alpha value is -2.69. The number of aryl methyl sites for hydroxylation is 1. The lowest BCUT2D eigenvalue weighted by Crippen LogP contribution is -2.25. The van der Waals surface area contributed by atoms with Crippen molar-refractivity contribution in [1.29, 1.82) is 0 Å². The molecule has 0 aliphatic heterocycles. The number of hydrogen-bond donors (Lipinski definition) is 1. The number of benzene rings is 3. The molecule has 1 N–H and O–H groups in total. The first-order valence-electron chi connectivity index (χ1n) is 10.7. The van der Waals surface area contributed by atoms with Crippen LogP contribution in [0.4, 0.5) is 0 Å². The summed E-state index contributed by atoms with van der Waals surface area (Å²) in [5.41, 5.74) is 6.67. The molecule has 0 atom stereocenters. The highest BCUT2D eigenvalue weighted by Crippen LogP contribution is 2.27. The number of nitrogens with one attached hydrogen (secondary N) is 1. The molecule has 0 spiro atoms. The fourth-order valence-electron chi connectivity index (χ4n) is 3.98. The maximum atomic E-state index is 12.8. The van der Waals surface area contributed by atoms with Crippen molar-refractivity contribution in [2.75, 3.05) is 12.8 Å². The number of hydrogen-bond acceptors (Lipinski definition) is 2. The first-order valence-corrected chi connectivity index (χ1v) is 12.3. The van der Waals surface area contributed by atoms with E-state index in [1.54, 1.807) is 11.8 Å². The molecule has 4 aromatic rings. The Labute approximate surface area is 198 Å². The van der Waals surface area contributed by atoms with Crippen molar-refractivity contribution in [3.05, 3.63) is 99.7 Å². The summed E-state index contributed by atoms with van der Waals surface area (Å²) in [4.78, 5) is 14.0. The molecule has 164 valence electrons. The van der Waals surface area contributed by atoms with Crippen LogP contribution in [0.5, 0.6) is 0 Å². The normalized spacial score (nSPS) is 11.1. The average molecular weight is 463 g/mol. The second kappa shape index (κ2) is 9.85. The Kier molecular flexibility index (Phi) is 6.92. The van der Waals surface area contributed by atoms with Crippen LogP contribution in [-0.4, -0.2) is 23.3 Å². The molecule has 0 radical (unpaired) electrons. The molecule has 3 aromatic carbocycles. The van der Waals surface area contributed by atoms with Crippen LogP contribution in [0.2, 0.25) is 5.02 Å². The van der Waals surface area contributed by atoms with E-state index in [4.69, 9.17) is 11.6 Å². The molecule has 0 aliphatic rings. The van der Waals surface area contributed by atoms with Crippen LogP contribution in [0.1, 0.15) is 32.7 Å². The summed E-state index contributed by atoms with van der Waals surface area (Å²) >= 11 is 7.76. The number of halogens is 1. The topological polar surface area (TPSA) is 34.0 Å². The molecule has 1 heterocycles. The Balaban J connectivity index is 1.48. The number of nitrogens with zero attached hydrogens (tertiary/aromatic N) is 1. The second-order valence-electron chi connectivity index (χ2n) is 8.01. The molecule has 3 nitrogen and oxygen atoms in total. The van der Waals surface area contributed by atoms with Gasteiger partial charge in [-0.2, -0.15) is 0 Å². The third-order valence-corrected chi connectivity index (χ3v) is 7.01. The van der Waals surface area contributed by atoms with E-state index in [1.165, 1.54) is 27.3 Å². The summed E-state index contributed by atoms with van der Waals surface area (Å²) in [7, 11) is 0. The summed E-state index contributed by atoms with van der Waals surface area (Å²) < 4.78 is 2.30. The summed E-state index contributed by atoms with van der Waals surface area (Å²) in [6.45, 7) is 5.64. The summed E-state index contributed by atoms with van der Waals surface area (Å²) in [6, 6.07) is 22.4. The van der Waals surface area contributed by atoms with E-state index >= 15 is 0 Å². The summed E-state index contributed by atoms with van der Waals surface area (Å²) in [5.74, 6) is -0.0323. The van der Waals surface area contributed by atoms with Crippen LogP contribution in [0, 0.1) is 13.8 Å². The minimum atomic E-state index is -0.0323. The van der Waals surface area contributed by atoms with Crippen LogP contribution in [0.15, 0.2) is 71.6 Å². The van der Waals surface area contributed by atoms with E-state index in [0.717, 1.165) is 28.9 Å². The van der Waals surface area contributed by atoms with Crippen molar-refractivity contribution in [2.24, 2.45) is 0 Å². The fraction of sp³-hybridized carbons (Fsp3) is 0.222. The molecule has 5 heteroatoms. The number of rotatable bonds is 7. The van der Waals surface area contributed by atoms with Crippen molar-refractivity contribution >= 4 is 40.2 Å². The minimum Gasteiger partial charge on any atom is -0.352 e. The van der Waals surface area contributed by atoms with Gasteiger partial charge in [-0.3, -0.25) is 4.79 Å². The lowest BCUT2D eigenvalue weighted by molar-refractivity contribution is 0.0954. The van der Waals surface area contributed by atoms with Gasteiger partial charge in [-0.25, -0.2) is 0 Å². The van der Waals surface area contributed by atoms with Gasteiger partial charge in [-0.05, 0) is 85.7 Å². The fourth-order valence-corrected chi connectivity index (χ4v) is 4.52. The molecule has 0 bridgehead atoms. The van der Waals surface area contributed by atoms with Crippen LogP contribution < -0.4 is 5.32 Å². The van der Waals surface area contributed by atoms with Gasteiger partial charge >= 0.3 is 0 Å². The number of aromatic nitrogens is 1. The van der Waals surface area contributed by atoms with Crippen molar-refractivity contribution in [3.8, 4) is 0 Å². The third-order valence-electron chi connectivity index (χ3n) is 6.01. The minimum absolute atomic E-state index is 0.0323. The van der Waals surface area contributed by atoms with Crippen molar-refractivity contribution in [2.45, 2.75) is 31.7 Å². The maximum Gasteiger partial charge on any atom is 0.251 e. The summed E-state index contributed by atoms with van der Waals surface area (Å²) in [6.07, 6.45) is 2.89. The molecular weight excluding hydrogens is 436 g/mol. The highest BCUT2D eigenvalue weighted by Gasteiger charge is 2.14. The predicted molar refractivity (Wildman–Crippen MR) is 136 cm³/mol. The molecule has 4 rings (SSSR count). The Morgan fingerprint density at radius 1 is 0.969 bits per heavy atom. The third kappa shape index (κ3) is 4.87. The maximum absolute atomic E-state index is 12.8. The lowest BCUT2D eigenvalue weighted by atomic mass is 10.1. The van der Waals surface area contributed by atoms with Gasteiger partial charge in [0.1, 0.15) is 0 Å². The largest absolute Gasteiger partial charge is 0.352 e. The first kappa shape index (κ1) is 22.5. The number of fused-ring (bicyclic) bond motifs is 1. The average Bonchev–Trinajstić information content (AvgIpc) is 3.05. The molecule has 1 aromatic heterocycles. The lowest BCUT2D eigenvalue weighted by Gasteiger charge is -2.10. The van der Waals surface area contributed by atoms with E-state index in [-0.39, 0.29) is 5.91 Å². The number of carbonyl (C=O) groups is 1. The van der Waals surface area contributed by atoms with Crippen molar-refractivity contribution in [1.82, 2.24) is 9.88 Å². The SMILES string of the molecule is CSc1ccc(CCNC(=O)c2ccc3c(c2)c(C)c(C)n3Cc2ccc(Cl)cc2)cc1. The number of thioether (sulfide) groups is 1. The molecule has 0 unspecified atom stereocenters. The van der Waals surface area contributed by atoms with Crippen LogP contribution >= 0.6 is 23.4 Å². The first-order chi connectivity index (χ1) is 15.5. The van der Waals surface area contributed by atoms with E-state index in [9.17, 15) is 4.79 Å². The number of carbonyl (C=O) groups excluding carboxylic acids is 1. The zero-order valence-corrected chi connectivity index (χ0v) is 20.2. The molecule has 0 saturated carbocycles. The van der Waals surface area contributed by atoms with Crippen LogP contribution in [0.3, 0.4) is 0 Å². The van der Waals surface area contributed by atoms with Gasteiger partial charge in [0.2, 0.25) is 0 Å². The predicted octanol–water partition coefficient (Wildman–Crippen LogP) is 6.65. The standard InChI is InChI=1S/C27H27ClN2OS/c1-18-19(2)30(17-21-4-9-23(28)10-5-21)26-13-8-22(16-25(18)26)27(31)29-15-14-20-6-11-24(32-3)12-7-20/h4-13,16H,14-15,17H2,1-3H3,(H,29,31). The second-order valence-corrected chi connectivity index (χ2v) is 9.33. The van der Waals surface area contributed by atoms with E-state index in [2.05, 4.69) is 72.5 Å². The molecule has 0 fully saturated rings. The molecule has 0 aliphatic carbocycles. The van der Waals surface area contributed by atoms with Gasteiger partial charge in [-0.15, -0.1) is 11.8 Å². The number of amides is 1. The van der Waals surface area contributed by atoms with Gasteiger partial charge in [0.15, 0.2) is 0 Å². The van der Waals surface area contributed by atoms with E-state index in [0.29, 0.717) is 12.1 Å². The van der Waals surface area contributed by atoms with Crippen LogP contribution in [0.25, 0.3) is 10.9 Å². The zero-order chi connectivity index (χ0) is 22.7. The monoisotopic (exact) mass is 462 g/mol. The van der Waals surface area contributed by atoms with Gasteiger partial charge < -0.3 is 9.88 Å². The van der Waals surface area contributed by atoms with Gasteiger partial charge in [0.05, 0.1) is 0 Å². The van der Waals surface area contributed by atoms with E-state index < -0.39 is 0 Å². The Bertz CT molecular complexity index is 1240. The van der Waals surface area contributed by atoms with Crippen molar-refractivity contribution < 1.29 is 4.79 Å². The Morgan fingerprint density at radius 2 is 1.66 bits per heavy atom. The highest BCUT2D eigenvalue weighted by molar-refractivity contribution is 7.98. The smallest absolute Gasteiger partial charge is 0.251 e. The van der Waals surface area contributed by atoms with Gasteiger partial charge in [-0.1, -0.05) is 35.9 Å². The zero-order valence-electron chi connectivity index (χ0n) is 18.6. The Morgan fingerprint density at radius 3 is 2.34 bits per heavy atom. The summed E-state index contributed by atoms with van der Waals surface area (Å²) in [5, 5.41) is 4.93. The van der Waals surface area contributed by atoms with Gasteiger partial charge in [0.25, 0.3) is 5.91 Å². The van der Waals surface area contributed by atoms with Crippen LogP contribution in [-0.2, 0) is 13.0 Å². The van der Waals surface area contributed by atoms with E-state index in [1.807, 2.05) is 24.3 Å². The van der Waals surface area contributed by atoms with Gasteiger partial charge in [0, 0.05) is 45.2 Å². The quantitative estimate of drug-likeness (QED) is 0.312. The molecular formula is C27H27ClN2OS.